The fourth-order valence-electron chi connectivity index (χ4n) is 6.05. The quantitative estimate of drug-likeness (QED) is 0.439. The van der Waals surface area contributed by atoms with Gasteiger partial charge in [-0.15, -0.1) is 0 Å². The van der Waals surface area contributed by atoms with Gasteiger partial charge in [0.25, 0.3) is 0 Å². The van der Waals surface area contributed by atoms with Crippen molar-refractivity contribution in [3.05, 3.63) is 59.3 Å². The second kappa shape index (κ2) is 10.1. The normalized spacial score (nSPS) is 28.8. The fourth-order valence-corrected chi connectivity index (χ4v) is 6.05. The summed E-state index contributed by atoms with van der Waals surface area (Å²) in [5, 5.41) is 0. The van der Waals surface area contributed by atoms with Gasteiger partial charge < -0.3 is 0 Å². The topological polar surface area (TPSA) is 29.4 Å². The van der Waals surface area contributed by atoms with Crippen molar-refractivity contribution < 1.29 is 4.79 Å². The largest absolute Gasteiger partial charge is 0.299 e. The molecule has 1 aromatic rings. The third kappa shape index (κ3) is 5.45. The van der Waals surface area contributed by atoms with Crippen molar-refractivity contribution in [2.45, 2.75) is 72.1 Å². The van der Waals surface area contributed by atoms with Gasteiger partial charge in [0.05, 0.1) is 0 Å². The minimum Gasteiger partial charge on any atom is -0.299 e. The van der Waals surface area contributed by atoms with Crippen molar-refractivity contribution in [1.82, 2.24) is 0 Å². The van der Waals surface area contributed by atoms with Crippen LogP contribution in [0.15, 0.2) is 58.7 Å². The molecule has 5 atom stereocenters. The van der Waals surface area contributed by atoms with Gasteiger partial charge in [-0.1, -0.05) is 69.7 Å². The van der Waals surface area contributed by atoms with Crippen molar-refractivity contribution in [2.75, 3.05) is 0 Å². The molecule has 1 aliphatic heterocycles. The Morgan fingerprint density at radius 2 is 1.97 bits per heavy atom. The minimum atomic E-state index is 0.153. The summed E-state index contributed by atoms with van der Waals surface area (Å²) in [7, 11) is 0. The molecular weight excluding hydrogens is 378 g/mol. The van der Waals surface area contributed by atoms with Gasteiger partial charge in [0.1, 0.15) is 5.78 Å². The molecule has 0 aromatic heterocycles. The predicted molar refractivity (Wildman–Crippen MR) is 130 cm³/mol. The van der Waals surface area contributed by atoms with E-state index in [0.717, 1.165) is 32.1 Å². The SMILES string of the molecule is CC(C)C[C@@H](Cc1ccccc1)C(=O)C[C@@H]1CCCC(C2=C3C=CCC3C(C)C=N2)C1. The maximum atomic E-state index is 13.4. The highest BCUT2D eigenvalue weighted by Crippen LogP contribution is 2.44. The molecule has 1 saturated carbocycles. The minimum absolute atomic E-state index is 0.153. The second-order valence-corrected chi connectivity index (χ2v) is 10.6. The standard InChI is InChI=1S/C29H39NO/c1-20(2)15-25(16-22-9-5-4-6-10-22)28(31)18-23-11-7-12-24(17-23)29-27-14-8-13-26(27)21(3)19-30-29/h4-6,8-10,14,19-21,23-26H,7,11-13,15-18H2,1-3H3/t21?,23-,24?,25+,26?/m1/s1. The number of hydrogen-bond donors (Lipinski definition) is 0. The average molecular weight is 418 g/mol. The van der Waals surface area contributed by atoms with Gasteiger partial charge in [-0.05, 0) is 73.3 Å². The summed E-state index contributed by atoms with van der Waals surface area (Å²) in [4.78, 5) is 18.3. The van der Waals surface area contributed by atoms with Gasteiger partial charge in [-0.2, -0.15) is 0 Å². The molecule has 2 nitrogen and oxygen atoms in total. The summed E-state index contributed by atoms with van der Waals surface area (Å²) in [6, 6.07) is 10.6. The van der Waals surface area contributed by atoms with E-state index >= 15 is 0 Å². The maximum absolute atomic E-state index is 13.4. The Morgan fingerprint density at radius 1 is 1.16 bits per heavy atom. The Labute approximate surface area is 188 Å². The van der Waals surface area contributed by atoms with Crippen LogP contribution < -0.4 is 0 Å². The highest BCUT2D eigenvalue weighted by atomic mass is 16.1. The van der Waals surface area contributed by atoms with Crippen LogP contribution >= 0.6 is 0 Å². The lowest BCUT2D eigenvalue weighted by atomic mass is 9.73. The molecule has 0 N–H and O–H groups in total. The van der Waals surface area contributed by atoms with Gasteiger partial charge in [-0.25, -0.2) is 0 Å². The molecule has 31 heavy (non-hydrogen) atoms. The van der Waals surface area contributed by atoms with Gasteiger partial charge in [0.15, 0.2) is 0 Å². The second-order valence-electron chi connectivity index (χ2n) is 10.6. The van der Waals surface area contributed by atoms with Crippen LogP contribution in [0.4, 0.5) is 0 Å². The zero-order valence-electron chi connectivity index (χ0n) is 19.6. The van der Waals surface area contributed by atoms with Crippen LogP contribution in [0.1, 0.15) is 71.3 Å². The molecule has 3 unspecified atom stereocenters. The van der Waals surface area contributed by atoms with E-state index in [0.29, 0.717) is 35.4 Å². The Morgan fingerprint density at radius 3 is 2.74 bits per heavy atom. The maximum Gasteiger partial charge on any atom is 0.136 e. The van der Waals surface area contributed by atoms with Gasteiger partial charge in [0, 0.05) is 30.2 Å². The smallest absolute Gasteiger partial charge is 0.136 e. The van der Waals surface area contributed by atoms with Crippen molar-refractivity contribution in [3.63, 3.8) is 0 Å². The number of fused-ring (bicyclic) bond motifs is 1. The van der Waals surface area contributed by atoms with Crippen LogP contribution in [0.25, 0.3) is 0 Å². The summed E-state index contributed by atoms with van der Waals surface area (Å²) in [5.41, 5.74) is 4.13. The van der Waals surface area contributed by atoms with E-state index < -0.39 is 0 Å². The Balaban J connectivity index is 1.42. The van der Waals surface area contributed by atoms with Crippen LogP contribution in [0.2, 0.25) is 0 Å². The van der Waals surface area contributed by atoms with Crippen molar-refractivity contribution in [3.8, 4) is 0 Å². The summed E-state index contributed by atoms with van der Waals surface area (Å²) < 4.78 is 0. The van der Waals surface area contributed by atoms with Crippen molar-refractivity contribution in [1.29, 1.82) is 0 Å². The summed E-state index contributed by atoms with van der Waals surface area (Å²) in [6.07, 6.45) is 15.4. The van der Waals surface area contributed by atoms with E-state index in [1.165, 1.54) is 36.1 Å². The summed E-state index contributed by atoms with van der Waals surface area (Å²) in [5.74, 6) is 3.42. The number of carbonyl (C=O) groups is 1. The molecule has 1 heterocycles. The molecule has 2 heteroatoms. The first-order valence-electron chi connectivity index (χ1n) is 12.5. The van der Waals surface area contributed by atoms with Gasteiger partial charge in [0.2, 0.25) is 0 Å². The molecule has 0 saturated heterocycles. The van der Waals surface area contributed by atoms with Gasteiger partial charge >= 0.3 is 0 Å². The zero-order valence-corrected chi connectivity index (χ0v) is 19.6. The third-order valence-electron chi connectivity index (χ3n) is 7.66. The lowest BCUT2D eigenvalue weighted by Crippen LogP contribution is -2.27. The monoisotopic (exact) mass is 417 g/mol. The Kier molecular flexibility index (Phi) is 7.25. The van der Waals surface area contributed by atoms with Crippen LogP contribution in [0.5, 0.6) is 0 Å². The molecule has 0 spiro atoms. The summed E-state index contributed by atoms with van der Waals surface area (Å²) >= 11 is 0. The molecule has 166 valence electrons. The molecule has 1 fully saturated rings. The molecular formula is C29H39NO. The number of Topliss-reactive ketones (excluding diaryl/α,β-unsaturated/α-hetero) is 1. The lowest BCUT2D eigenvalue weighted by Gasteiger charge is -2.33. The molecule has 2 aliphatic carbocycles. The lowest BCUT2D eigenvalue weighted by molar-refractivity contribution is -0.124. The molecule has 1 aromatic carbocycles. The number of allylic oxidation sites excluding steroid dienone is 4. The average Bonchev–Trinajstić information content (AvgIpc) is 3.25. The van der Waals surface area contributed by atoms with Crippen LogP contribution in [-0.2, 0) is 11.2 Å². The number of ketones is 1. The van der Waals surface area contributed by atoms with E-state index in [-0.39, 0.29) is 5.92 Å². The van der Waals surface area contributed by atoms with E-state index in [9.17, 15) is 4.79 Å². The Hall–Kier alpha value is -1.96. The van der Waals surface area contributed by atoms with E-state index in [1.54, 1.807) is 0 Å². The van der Waals surface area contributed by atoms with Gasteiger partial charge in [-0.3, -0.25) is 9.79 Å². The van der Waals surface area contributed by atoms with E-state index in [4.69, 9.17) is 4.99 Å². The van der Waals surface area contributed by atoms with Crippen LogP contribution in [-0.4, -0.2) is 12.0 Å². The first kappa shape index (κ1) is 22.2. The summed E-state index contributed by atoms with van der Waals surface area (Å²) in [6.45, 7) is 6.77. The van der Waals surface area contributed by atoms with Crippen molar-refractivity contribution in [2.24, 2.45) is 40.5 Å². The number of aliphatic imine (C=N–C) groups is 1. The van der Waals surface area contributed by atoms with Crippen molar-refractivity contribution >= 4 is 12.0 Å². The Bertz CT molecular complexity index is 847. The predicted octanol–water partition coefficient (Wildman–Crippen LogP) is 7.21. The number of benzene rings is 1. The molecule has 0 bridgehead atoms. The number of rotatable bonds is 8. The highest BCUT2D eigenvalue weighted by molar-refractivity contribution is 5.81. The zero-order chi connectivity index (χ0) is 21.8. The first-order valence-corrected chi connectivity index (χ1v) is 12.5. The van der Waals surface area contributed by atoms with Crippen LogP contribution in [0, 0.1) is 35.5 Å². The molecule has 4 rings (SSSR count). The highest BCUT2D eigenvalue weighted by Gasteiger charge is 2.34. The number of carbonyl (C=O) groups excluding carboxylic acids is 1. The fraction of sp³-hybridized carbons (Fsp3) is 0.586. The number of hydrogen-bond acceptors (Lipinski definition) is 2. The van der Waals surface area contributed by atoms with Crippen LogP contribution in [0.3, 0.4) is 0 Å². The molecule has 0 radical (unpaired) electrons. The van der Waals surface area contributed by atoms with E-state index in [1.807, 2.05) is 0 Å². The third-order valence-corrected chi connectivity index (χ3v) is 7.66. The first-order chi connectivity index (χ1) is 15.0. The van der Waals surface area contributed by atoms with E-state index in [2.05, 4.69) is 69.5 Å². The molecule has 0 amide bonds. The molecule has 3 aliphatic rings. The number of nitrogens with zero attached hydrogens (tertiary/aromatic N) is 1.